The van der Waals surface area contributed by atoms with Gasteiger partial charge >= 0.3 is 6.18 Å². The summed E-state index contributed by atoms with van der Waals surface area (Å²) in [5.74, 6) is -0.319. The van der Waals surface area contributed by atoms with Gasteiger partial charge in [-0.25, -0.2) is 0 Å². The van der Waals surface area contributed by atoms with Crippen LogP contribution in [0, 0.1) is 0 Å². The molecule has 0 aliphatic heterocycles. The molecule has 0 amide bonds. The van der Waals surface area contributed by atoms with Gasteiger partial charge in [0.05, 0.1) is 23.6 Å². The van der Waals surface area contributed by atoms with E-state index in [0.717, 1.165) is 18.2 Å². The van der Waals surface area contributed by atoms with E-state index in [9.17, 15) is 18.0 Å². The first-order chi connectivity index (χ1) is 7.40. The number of methoxy groups -OCH3 is 1. The molecular formula is C10H8BrF3O2. The Bertz CT molecular complexity index is 402. The monoisotopic (exact) mass is 296 g/mol. The lowest BCUT2D eigenvalue weighted by Gasteiger charge is -2.11. The van der Waals surface area contributed by atoms with E-state index in [2.05, 4.69) is 15.9 Å². The molecular weight excluding hydrogens is 289 g/mol. The van der Waals surface area contributed by atoms with E-state index in [4.69, 9.17) is 4.74 Å². The third-order valence-electron chi connectivity index (χ3n) is 1.95. The van der Waals surface area contributed by atoms with Crippen molar-refractivity contribution in [2.45, 2.75) is 6.18 Å². The lowest BCUT2D eigenvalue weighted by atomic mass is 10.1. The maximum Gasteiger partial charge on any atom is 0.416 e. The van der Waals surface area contributed by atoms with E-state index >= 15 is 0 Å². The number of alkyl halides is 4. The summed E-state index contributed by atoms with van der Waals surface area (Å²) in [5, 5.41) is -0.0509. The van der Waals surface area contributed by atoms with Crippen LogP contribution >= 0.6 is 15.9 Å². The second-order valence-electron chi connectivity index (χ2n) is 2.97. The van der Waals surface area contributed by atoms with Gasteiger partial charge in [-0.15, -0.1) is 0 Å². The zero-order valence-corrected chi connectivity index (χ0v) is 9.85. The van der Waals surface area contributed by atoms with Gasteiger partial charge in [0.2, 0.25) is 0 Å². The Labute approximate surface area is 98.5 Å². The van der Waals surface area contributed by atoms with E-state index in [0.29, 0.717) is 0 Å². The zero-order valence-electron chi connectivity index (χ0n) is 8.27. The van der Waals surface area contributed by atoms with Gasteiger partial charge in [-0.3, -0.25) is 4.79 Å². The molecule has 88 valence electrons. The van der Waals surface area contributed by atoms with Gasteiger partial charge in [0.25, 0.3) is 0 Å². The molecule has 1 aromatic rings. The van der Waals surface area contributed by atoms with E-state index < -0.39 is 17.5 Å². The van der Waals surface area contributed by atoms with Crippen LogP contribution in [0.15, 0.2) is 18.2 Å². The summed E-state index contributed by atoms with van der Waals surface area (Å²) in [6, 6.07) is 2.81. The molecule has 0 aromatic heterocycles. The molecule has 1 rings (SSSR count). The van der Waals surface area contributed by atoms with Crippen molar-refractivity contribution in [1.82, 2.24) is 0 Å². The number of halogens is 4. The Morgan fingerprint density at radius 1 is 1.44 bits per heavy atom. The Balaban J connectivity index is 3.27. The molecule has 0 fully saturated rings. The first-order valence-corrected chi connectivity index (χ1v) is 5.36. The molecule has 0 aliphatic carbocycles. The molecule has 0 unspecified atom stereocenters. The van der Waals surface area contributed by atoms with Crippen molar-refractivity contribution in [1.29, 1.82) is 0 Å². The zero-order chi connectivity index (χ0) is 12.3. The molecule has 0 spiro atoms. The van der Waals surface area contributed by atoms with Crippen molar-refractivity contribution in [2.75, 3.05) is 12.4 Å². The highest BCUT2D eigenvalue weighted by molar-refractivity contribution is 9.09. The number of carbonyl (C=O) groups is 1. The lowest BCUT2D eigenvalue weighted by Crippen LogP contribution is -2.09. The highest BCUT2D eigenvalue weighted by Crippen LogP contribution is 2.32. The fourth-order valence-electron chi connectivity index (χ4n) is 1.17. The van der Waals surface area contributed by atoms with Gasteiger partial charge in [0.1, 0.15) is 5.75 Å². The summed E-state index contributed by atoms with van der Waals surface area (Å²) >= 11 is 2.90. The van der Waals surface area contributed by atoms with Gasteiger partial charge in [0.15, 0.2) is 5.78 Å². The Morgan fingerprint density at radius 3 is 2.50 bits per heavy atom. The van der Waals surface area contributed by atoms with Crippen LogP contribution in [0.2, 0.25) is 0 Å². The molecule has 6 heteroatoms. The van der Waals surface area contributed by atoms with Crippen molar-refractivity contribution in [3.8, 4) is 5.75 Å². The number of hydrogen-bond acceptors (Lipinski definition) is 2. The van der Waals surface area contributed by atoms with Crippen molar-refractivity contribution < 1.29 is 22.7 Å². The first kappa shape index (κ1) is 13.0. The normalized spacial score (nSPS) is 11.3. The van der Waals surface area contributed by atoms with Crippen LogP contribution < -0.4 is 4.74 Å². The van der Waals surface area contributed by atoms with Gasteiger partial charge in [-0.2, -0.15) is 13.2 Å². The largest absolute Gasteiger partial charge is 0.496 e. The van der Waals surface area contributed by atoms with E-state index in [1.54, 1.807) is 0 Å². The second-order valence-corrected chi connectivity index (χ2v) is 3.53. The number of benzene rings is 1. The van der Waals surface area contributed by atoms with Crippen LogP contribution in [-0.4, -0.2) is 18.2 Å². The summed E-state index contributed by atoms with van der Waals surface area (Å²) in [6.45, 7) is 0. The van der Waals surface area contributed by atoms with Gasteiger partial charge in [-0.05, 0) is 18.2 Å². The average molecular weight is 297 g/mol. The Kier molecular flexibility index (Phi) is 3.96. The van der Waals surface area contributed by atoms with Crippen molar-refractivity contribution >= 4 is 21.7 Å². The molecule has 0 radical (unpaired) electrons. The minimum atomic E-state index is -4.46. The average Bonchev–Trinajstić information content (AvgIpc) is 2.25. The molecule has 0 saturated heterocycles. The molecule has 0 aliphatic rings. The minimum Gasteiger partial charge on any atom is -0.496 e. The molecule has 1 aromatic carbocycles. The number of Topliss-reactive ketones (excluding diaryl/α,β-unsaturated/α-hetero) is 1. The lowest BCUT2D eigenvalue weighted by molar-refractivity contribution is -0.137. The highest BCUT2D eigenvalue weighted by atomic mass is 79.9. The summed E-state index contributed by atoms with van der Waals surface area (Å²) in [6.07, 6.45) is -4.46. The maximum absolute atomic E-state index is 12.4. The van der Waals surface area contributed by atoms with Crippen LogP contribution in [0.3, 0.4) is 0 Å². The fourth-order valence-corrected chi connectivity index (χ4v) is 1.48. The quantitative estimate of drug-likeness (QED) is 0.632. The summed E-state index contributed by atoms with van der Waals surface area (Å²) in [4.78, 5) is 11.4. The minimum absolute atomic E-state index is 0.0509. The molecule has 2 nitrogen and oxygen atoms in total. The molecule has 0 N–H and O–H groups in total. The molecule has 0 heterocycles. The van der Waals surface area contributed by atoms with Crippen LogP contribution in [0.1, 0.15) is 15.9 Å². The number of hydrogen-bond donors (Lipinski definition) is 0. The topological polar surface area (TPSA) is 26.3 Å². The number of ether oxygens (including phenoxy) is 1. The summed E-state index contributed by atoms with van der Waals surface area (Å²) in [5.41, 5.74) is -0.938. The first-order valence-electron chi connectivity index (χ1n) is 4.24. The smallest absolute Gasteiger partial charge is 0.416 e. The van der Waals surface area contributed by atoms with Crippen LogP contribution in [0.25, 0.3) is 0 Å². The third-order valence-corrected chi connectivity index (χ3v) is 2.46. The summed E-state index contributed by atoms with van der Waals surface area (Å²) < 4.78 is 42.0. The molecule has 0 saturated carbocycles. The van der Waals surface area contributed by atoms with E-state index in [1.807, 2.05) is 0 Å². The molecule has 0 bridgehead atoms. The standard InChI is InChI=1S/C10H8BrF3O2/c1-16-9-3-2-6(10(12,13)14)4-7(9)8(15)5-11/h2-4H,5H2,1H3. The maximum atomic E-state index is 12.4. The van der Waals surface area contributed by atoms with Gasteiger partial charge < -0.3 is 4.74 Å². The van der Waals surface area contributed by atoms with Gasteiger partial charge in [0, 0.05) is 0 Å². The van der Waals surface area contributed by atoms with Crippen LogP contribution in [0.4, 0.5) is 13.2 Å². The van der Waals surface area contributed by atoms with E-state index in [1.165, 1.54) is 7.11 Å². The predicted molar refractivity (Wildman–Crippen MR) is 56.1 cm³/mol. The third kappa shape index (κ3) is 2.75. The number of rotatable bonds is 3. The SMILES string of the molecule is COc1ccc(C(F)(F)F)cc1C(=O)CBr. The van der Waals surface area contributed by atoms with E-state index in [-0.39, 0.29) is 16.6 Å². The predicted octanol–water partition coefficient (Wildman–Crippen LogP) is 3.29. The van der Waals surface area contributed by atoms with Crippen LogP contribution in [0.5, 0.6) is 5.75 Å². The second kappa shape index (κ2) is 4.86. The van der Waals surface area contributed by atoms with Crippen LogP contribution in [-0.2, 0) is 6.18 Å². The Hall–Kier alpha value is -1.04. The van der Waals surface area contributed by atoms with Crippen molar-refractivity contribution in [3.63, 3.8) is 0 Å². The van der Waals surface area contributed by atoms with Crippen molar-refractivity contribution in [2.24, 2.45) is 0 Å². The Morgan fingerprint density at radius 2 is 2.06 bits per heavy atom. The van der Waals surface area contributed by atoms with Crippen molar-refractivity contribution in [3.05, 3.63) is 29.3 Å². The highest BCUT2D eigenvalue weighted by Gasteiger charge is 2.31. The van der Waals surface area contributed by atoms with Gasteiger partial charge in [-0.1, -0.05) is 15.9 Å². The molecule has 16 heavy (non-hydrogen) atoms. The fraction of sp³-hybridized carbons (Fsp3) is 0.300. The number of carbonyl (C=O) groups excluding carboxylic acids is 1. The molecule has 0 atom stereocenters. The number of ketones is 1. The summed E-state index contributed by atoms with van der Waals surface area (Å²) in [7, 11) is 1.30.